The fraction of sp³-hybridized carbons (Fsp3) is 0.889. The van der Waals surface area contributed by atoms with Gasteiger partial charge in [0, 0.05) is 12.8 Å². The molecule has 1 saturated carbocycles. The van der Waals surface area contributed by atoms with Crippen molar-refractivity contribution < 1.29 is 18.7 Å². The Labute approximate surface area is 81.3 Å². The third-order valence-electron chi connectivity index (χ3n) is 3.03. The van der Waals surface area contributed by atoms with E-state index in [-0.39, 0.29) is 31.6 Å². The number of carboxylic acids is 1. The minimum absolute atomic E-state index is 0.187. The Kier molecular flexibility index (Phi) is 2.81. The number of alkyl halides is 2. The lowest BCUT2D eigenvalue weighted by Gasteiger charge is -2.35. The molecule has 1 atom stereocenters. The molecule has 1 rings (SSSR count). The molecule has 0 saturated heterocycles. The van der Waals surface area contributed by atoms with Crippen LogP contribution in [-0.4, -0.2) is 22.5 Å². The lowest BCUT2D eigenvalue weighted by Crippen LogP contribution is -2.53. The van der Waals surface area contributed by atoms with Crippen molar-refractivity contribution in [1.82, 2.24) is 0 Å². The summed E-state index contributed by atoms with van der Waals surface area (Å²) in [5.41, 5.74) is 4.20. The van der Waals surface area contributed by atoms with Crippen LogP contribution in [0.15, 0.2) is 0 Å². The Morgan fingerprint density at radius 2 is 1.93 bits per heavy atom. The Morgan fingerprint density at radius 1 is 1.50 bits per heavy atom. The molecular weight excluding hydrogens is 192 g/mol. The molecule has 1 aliphatic carbocycles. The van der Waals surface area contributed by atoms with Crippen LogP contribution in [0.1, 0.15) is 32.6 Å². The summed E-state index contributed by atoms with van der Waals surface area (Å²) in [7, 11) is 0. The van der Waals surface area contributed by atoms with Gasteiger partial charge >= 0.3 is 5.97 Å². The molecule has 0 aromatic carbocycles. The molecule has 0 amide bonds. The van der Waals surface area contributed by atoms with Crippen LogP contribution in [0.5, 0.6) is 0 Å². The van der Waals surface area contributed by atoms with Crippen molar-refractivity contribution in [3.63, 3.8) is 0 Å². The third-order valence-corrected chi connectivity index (χ3v) is 3.03. The van der Waals surface area contributed by atoms with Gasteiger partial charge in [0.25, 0.3) is 0 Å². The molecule has 1 fully saturated rings. The smallest absolute Gasteiger partial charge is 0.323 e. The van der Waals surface area contributed by atoms with Crippen molar-refractivity contribution in [3.05, 3.63) is 0 Å². The van der Waals surface area contributed by atoms with Crippen LogP contribution in [0, 0.1) is 5.92 Å². The predicted molar refractivity (Wildman–Crippen MR) is 47.1 cm³/mol. The number of carboxylic acid groups (broad SMARTS) is 1. The van der Waals surface area contributed by atoms with E-state index in [0.29, 0.717) is 0 Å². The lowest BCUT2D eigenvalue weighted by molar-refractivity contribution is -0.147. The number of carbonyl (C=O) groups is 1. The molecule has 0 aromatic rings. The maximum absolute atomic E-state index is 12.8. The summed E-state index contributed by atoms with van der Waals surface area (Å²) in [6.45, 7) is 1.39. The first-order valence-corrected chi connectivity index (χ1v) is 4.66. The van der Waals surface area contributed by atoms with E-state index in [4.69, 9.17) is 10.8 Å². The monoisotopic (exact) mass is 207 g/mol. The molecule has 0 unspecified atom stereocenters. The van der Waals surface area contributed by atoms with Gasteiger partial charge in [-0.1, -0.05) is 0 Å². The van der Waals surface area contributed by atoms with Crippen LogP contribution < -0.4 is 5.73 Å². The molecule has 0 radical (unpaired) electrons. The van der Waals surface area contributed by atoms with E-state index in [1.165, 1.54) is 6.92 Å². The second kappa shape index (κ2) is 3.46. The Hall–Kier alpha value is -0.710. The maximum Gasteiger partial charge on any atom is 0.323 e. The zero-order chi connectivity index (χ0) is 11.0. The zero-order valence-electron chi connectivity index (χ0n) is 8.09. The molecule has 5 heteroatoms. The van der Waals surface area contributed by atoms with Crippen molar-refractivity contribution in [2.45, 2.75) is 44.1 Å². The number of rotatable bonds is 2. The summed E-state index contributed by atoms with van der Waals surface area (Å²) in [6.07, 6.45) is -0.131. The third kappa shape index (κ3) is 2.20. The van der Waals surface area contributed by atoms with E-state index in [1.807, 2.05) is 0 Å². The van der Waals surface area contributed by atoms with Crippen LogP contribution >= 0.6 is 0 Å². The van der Waals surface area contributed by atoms with Crippen LogP contribution in [-0.2, 0) is 4.79 Å². The molecule has 82 valence electrons. The van der Waals surface area contributed by atoms with E-state index in [9.17, 15) is 13.6 Å². The Balaban J connectivity index is 2.62. The lowest BCUT2D eigenvalue weighted by atomic mass is 9.75. The van der Waals surface area contributed by atoms with E-state index in [0.717, 1.165) is 0 Å². The van der Waals surface area contributed by atoms with E-state index in [2.05, 4.69) is 0 Å². The maximum atomic E-state index is 12.8. The minimum atomic E-state index is -2.63. The number of hydrogen-bond donors (Lipinski definition) is 2. The molecule has 14 heavy (non-hydrogen) atoms. The number of nitrogens with two attached hydrogens (primary N) is 1. The number of halogens is 2. The standard InChI is InChI=1S/C9H15F2NO2/c1-8(12,7(13)14)6-2-4-9(10,11)5-3-6/h6H,2-5,12H2,1H3,(H,13,14)/t8-/m0/s1. The highest BCUT2D eigenvalue weighted by atomic mass is 19.3. The van der Waals surface area contributed by atoms with Crippen LogP contribution in [0.3, 0.4) is 0 Å². The quantitative estimate of drug-likeness (QED) is 0.723. The van der Waals surface area contributed by atoms with Crippen molar-refractivity contribution in [1.29, 1.82) is 0 Å². The average molecular weight is 207 g/mol. The second-order valence-corrected chi connectivity index (χ2v) is 4.22. The van der Waals surface area contributed by atoms with Crippen LogP contribution in [0.4, 0.5) is 8.78 Å². The molecule has 3 nitrogen and oxygen atoms in total. The van der Waals surface area contributed by atoms with Gasteiger partial charge in [-0.3, -0.25) is 4.79 Å². The first-order chi connectivity index (χ1) is 6.26. The topological polar surface area (TPSA) is 63.3 Å². The van der Waals surface area contributed by atoms with Gasteiger partial charge in [-0.25, -0.2) is 8.78 Å². The molecule has 0 aliphatic heterocycles. The van der Waals surface area contributed by atoms with Crippen LogP contribution in [0.2, 0.25) is 0 Å². The highest BCUT2D eigenvalue weighted by Gasteiger charge is 2.44. The first kappa shape index (κ1) is 11.4. The summed E-state index contributed by atoms with van der Waals surface area (Å²) < 4.78 is 25.6. The van der Waals surface area contributed by atoms with Crippen molar-refractivity contribution in [3.8, 4) is 0 Å². The van der Waals surface area contributed by atoms with Gasteiger partial charge in [-0.15, -0.1) is 0 Å². The summed E-state index contributed by atoms with van der Waals surface area (Å²) in [6, 6.07) is 0. The molecular formula is C9H15F2NO2. The second-order valence-electron chi connectivity index (χ2n) is 4.22. The number of aliphatic carboxylic acids is 1. The van der Waals surface area contributed by atoms with Gasteiger partial charge in [0.1, 0.15) is 5.54 Å². The summed E-state index contributed by atoms with van der Waals surface area (Å²) in [5, 5.41) is 8.81. The average Bonchev–Trinajstić information content (AvgIpc) is 2.03. The highest BCUT2D eigenvalue weighted by Crippen LogP contribution is 2.39. The minimum Gasteiger partial charge on any atom is -0.480 e. The molecule has 0 bridgehead atoms. The highest BCUT2D eigenvalue weighted by molar-refractivity contribution is 5.78. The fourth-order valence-electron chi connectivity index (χ4n) is 1.81. The molecule has 0 aromatic heterocycles. The summed E-state index contributed by atoms with van der Waals surface area (Å²) >= 11 is 0. The Morgan fingerprint density at radius 3 is 2.29 bits per heavy atom. The van der Waals surface area contributed by atoms with Gasteiger partial charge in [0.15, 0.2) is 0 Å². The van der Waals surface area contributed by atoms with E-state index >= 15 is 0 Å². The van der Waals surface area contributed by atoms with Crippen molar-refractivity contribution in [2.24, 2.45) is 11.7 Å². The van der Waals surface area contributed by atoms with Gasteiger partial charge in [-0.05, 0) is 25.7 Å². The van der Waals surface area contributed by atoms with Crippen molar-refractivity contribution >= 4 is 5.97 Å². The van der Waals surface area contributed by atoms with Crippen molar-refractivity contribution in [2.75, 3.05) is 0 Å². The van der Waals surface area contributed by atoms with Gasteiger partial charge in [-0.2, -0.15) is 0 Å². The summed E-state index contributed by atoms with van der Waals surface area (Å²) in [5.74, 6) is -4.10. The molecule has 3 N–H and O–H groups in total. The largest absolute Gasteiger partial charge is 0.480 e. The fourth-order valence-corrected chi connectivity index (χ4v) is 1.81. The van der Waals surface area contributed by atoms with Gasteiger partial charge in [0.2, 0.25) is 5.92 Å². The van der Waals surface area contributed by atoms with E-state index < -0.39 is 17.4 Å². The summed E-state index contributed by atoms with van der Waals surface area (Å²) in [4.78, 5) is 10.8. The normalized spacial score (nSPS) is 26.9. The van der Waals surface area contributed by atoms with Gasteiger partial charge < -0.3 is 10.8 Å². The molecule has 0 heterocycles. The van der Waals surface area contributed by atoms with Gasteiger partial charge in [0.05, 0.1) is 0 Å². The first-order valence-electron chi connectivity index (χ1n) is 4.66. The SMILES string of the molecule is C[C@@](N)(C(=O)O)C1CCC(F)(F)CC1. The zero-order valence-corrected chi connectivity index (χ0v) is 8.09. The van der Waals surface area contributed by atoms with Crippen LogP contribution in [0.25, 0.3) is 0 Å². The predicted octanol–water partition coefficient (Wildman–Crippen LogP) is 1.61. The number of hydrogen-bond acceptors (Lipinski definition) is 2. The van der Waals surface area contributed by atoms with E-state index in [1.54, 1.807) is 0 Å². The Bertz CT molecular complexity index is 231. The molecule has 0 spiro atoms. The molecule has 1 aliphatic rings.